The van der Waals surface area contributed by atoms with E-state index in [4.69, 9.17) is 10.5 Å². The number of anilines is 1. The van der Waals surface area contributed by atoms with Crippen LogP contribution in [0.25, 0.3) is 11.3 Å². The number of nitrogen functional groups attached to an aromatic ring is 1. The quantitative estimate of drug-likeness (QED) is 0.802. The van der Waals surface area contributed by atoms with E-state index in [-0.39, 0.29) is 12.0 Å². The number of nitrogens with two attached hydrogens (primary N) is 1. The van der Waals surface area contributed by atoms with Crippen LogP contribution in [0.5, 0.6) is 0 Å². The molecule has 2 N–H and O–H groups in total. The van der Waals surface area contributed by atoms with Gasteiger partial charge in [0.2, 0.25) is 0 Å². The van der Waals surface area contributed by atoms with Crippen molar-refractivity contribution in [3.63, 3.8) is 0 Å². The molecule has 0 radical (unpaired) electrons. The minimum Gasteiger partial charge on any atom is -0.384 e. The number of nitrogens with zero attached hydrogens (tertiary/aromatic N) is 4. The van der Waals surface area contributed by atoms with Crippen LogP contribution in [-0.4, -0.2) is 72.1 Å². The Balaban J connectivity index is 1.80. The van der Waals surface area contributed by atoms with Gasteiger partial charge in [0.05, 0.1) is 11.8 Å². The molecule has 1 atom stereocenters. The number of ether oxygens (including phenoxy) is 1. The molecule has 2 heterocycles. The summed E-state index contributed by atoms with van der Waals surface area (Å²) in [7, 11) is 4.02. The van der Waals surface area contributed by atoms with Crippen molar-refractivity contribution in [1.29, 1.82) is 0 Å². The van der Waals surface area contributed by atoms with E-state index in [1.54, 1.807) is 6.07 Å². The van der Waals surface area contributed by atoms with Gasteiger partial charge >= 0.3 is 0 Å². The Morgan fingerprint density at radius 2 is 2.11 bits per heavy atom. The molecule has 7 nitrogen and oxygen atoms in total. The Kier molecular flexibility index (Phi) is 6.36. The highest BCUT2D eigenvalue weighted by molar-refractivity contribution is 5.95. The fourth-order valence-corrected chi connectivity index (χ4v) is 3.15. The number of carbonyl (C=O) groups is 1. The van der Waals surface area contributed by atoms with Gasteiger partial charge in [-0.15, -0.1) is 0 Å². The number of hydrogen-bond acceptors (Lipinski definition) is 6. The standard InChI is InChI=1S/C20H27N5O2/c1-24(2)8-9-25(13-17-7-4-10-27-17)20(26)16-6-3-5-15(11-16)18-12-19(21)23-14-22-18/h3,5-6,11-12,14,17H,4,7-10,13H2,1-2H3,(H2,21,22,23)/t17-/m0/s1. The zero-order chi connectivity index (χ0) is 19.2. The molecule has 0 saturated carbocycles. The lowest BCUT2D eigenvalue weighted by Crippen LogP contribution is -2.41. The van der Waals surface area contributed by atoms with Gasteiger partial charge in [0.1, 0.15) is 12.1 Å². The van der Waals surface area contributed by atoms with Gasteiger partial charge in [-0.2, -0.15) is 0 Å². The van der Waals surface area contributed by atoms with Crippen molar-refractivity contribution in [2.75, 3.05) is 46.1 Å². The van der Waals surface area contributed by atoms with E-state index in [1.807, 2.05) is 43.3 Å². The maximum absolute atomic E-state index is 13.2. The summed E-state index contributed by atoms with van der Waals surface area (Å²) in [4.78, 5) is 25.3. The number of likely N-dealkylation sites (N-methyl/N-ethyl adjacent to an activating group) is 1. The summed E-state index contributed by atoms with van der Waals surface area (Å²) in [6.45, 7) is 2.87. The first-order valence-electron chi connectivity index (χ1n) is 9.26. The highest BCUT2D eigenvalue weighted by Crippen LogP contribution is 2.21. The Morgan fingerprint density at radius 1 is 1.26 bits per heavy atom. The molecule has 2 aromatic rings. The van der Waals surface area contributed by atoms with Gasteiger partial charge in [-0.25, -0.2) is 9.97 Å². The van der Waals surface area contributed by atoms with E-state index in [0.717, 1.165) is 31.6 Å². The van der Waals surface area contributed by atoms with E-state index in [1.165, 1.54) is 6.33 Å². The largest absolute Gasteiger partial charge is 0.384 e. The van der Waals surface area contributed by atoms with Crippen LogP contribution in [0.15, 0.2) is 36.7 Å². The highest BCUT2D eigenvalue weighted by atomic mass is 16.5. The van der Waals surface area contributed by atoms with Crippen molar-refractivity contribution in [2.24, 2.45) is 0 Å². The lowest BCUT2D eigenvalue weighted by molar-refractivity contribution is 0.0512. The van der Waals surface area contributed by atoms with Gasteiger partial charge in [-0.1, -0.05) is 12.1 Å². The molecule has 1 aliphatic heterocycles. The molecule has 0 unspecified atom stereocenters. The Hall–Kier alpha value is -2.51. The third-order valence-corrected chi connectivity index (χ3v) is 4.65. The van der Waals surface area contributed by atoms with Crippen LogP contribution in [-0.2, 0) is 4.74 Å². The molecular formula is C20H27N5O2. The molecule has 1 fully saturated rings. The van der Waals surface area contributed by atoms with E-state index in [9.17, 15) is 4.79 Å². The molecule has 0 aliphatic carbocycles. The summed E-state index contributed by atoms with van der Waals surface area (Å²) >= 11 is 0. The van der Waals surface area contributed by atoms with Gasteiger partial charge in [0.15, 0.2) is 0 Å². The average Bonchev–Trinajstić information content (AvgIpc) is 3.18. The monoisotopic (exact) mass is 369 g/mol. The molecule has 1 aromatic heterocycles. The summed E-state index contributed by atoms with van der Waals surface area (Å²) in [6, 6.07) is 9.20. The van der Waals surface area contributed by atoms with Crippen LogP contribution in [0.1, 0.15) is 23.2 Å². The van der Waals surface area contributed by atoms with Crippen molar-refractivity contribution in [2.45, 2.75) is 18.9 Å². The Labute approximate surface area is 160 Å². The van der Waals surface area contributed by atoms with Crippen molar-refractivity contribution in [1.82, 2.24) is 19.8 Å². The number of carbonyl (C=O) groups excluding carboxylic acids is 1. The maximum atomic E-state index is 13.2. The molecule has 1 saturated heterocycles. The molecule has 1 amide bonds. The number of rotatable bonds is 7. The van der Waals surface area contributed by atoms with Gasteiger partial charge in [0.25, 0.3) is 5.91 Å². The van der Waals surface area contributed by atoms with E-state index < -0.39 is 0 Å². The average molecular weight is 369 g/mol. The second-order valence-electron chi connectivity index (χ2n) is 7.10. The van der Waals surface area contributed by atoms with Crippen LogP contribution >= 0.6 is 0 Å². The second kappa shape index (κ2) is 8.92. The zero-order valence-corrected chi connectivity index (χ0v) is 16.0. The second-order valence-corrected chi connectivity index (χ2v) is 7.10. The zero-order valence-electron chi connectivity index (χ0n) is 16.0. The fourth-order valence-electron chi connectivity index (χ4n) is 3.15. The van der Waals surface area contributed by atoms with Crippen molar-refractivity contribution in [3.8, 4) is 11.3 Å². The lowest BCUT2D eigenvalue weighted by Gasteiger charge is -2.27. The number of benzene rings is 1. The normalized spacial score (nSPS) is 16.6. The van der Waals surface area contributed by atoms with Crippen molar-refractivity contribution < 1.29 is 9.53 Å². The first-order chi connectivity index (χ1) is 13.0. The molecular weight excluding hydrogens is 342 g/mol. The van der Waals surface area contributed by atoms with Gasteiger partial charge in [-0.05, 0) is 39.1 Å². The molecule has 3 rings (SSSR count). The summed E-state index contributed by atoms with van der Waals surface area (Å²) in [5.74, 6) is 0.416. The highest BCUT2D eigenvalue weighted by Gasteiger charge is 2.23. The number of amides is 1. The smallest absolute Gasteiger partial charge is 0.254 e. The summed E-state index contributed by atoms with van der Waals surface area (Å²) in [6.07, 6.45) is 3.62. The number of hydrogen-bond donors (Lipinski definition) is 1. The molecule has 1 aliphatic rings. The van der Waals surface area contributed by atoms with Crippen molar-refractivity contribution in [3.05, 3.63) is 42.2 Å². The molecule has 27 heavy (non-hydrogen) atoms. The summed E-state index contributed by atoms with van der Waals surface area (Å²) < 4.78 is 5.74. The summed E-state index contributed by atoms with van der Waals surface area (Å²) in [5.41, 5.74) is 7.95. The predicted octanol–water partition coefficient (Wildman–Crippen LogP) is 1.91. The number of aromatic nitrogens is 2. The Bertz CT molecular complexity index is 774. The van der Waals surface area contributed by atoms with Gasteiger partial charge < -0.3 is 20.3 Å². The van der Waals surface area contributed by atoms with Crippen LogP contribution in [0, 0.1) is 0 Å². The first kappa shape index (κ1) is 19.3. The SMILES string of the molecule is CN(C)CCN(C[C@@H]1CCCO1)C(=O)c1cccc(-c2cc(N)ncn2)c1. The van der Waals surface area contributed by atoms with E-state index in [0.29, 0.717) is 30.2 Å². The minimum atomic E-state index is 0.0104. The van der Waals surface area contributed by atoms with Gasteiger partial charge in [-0.3, -0.25) is 4.79 Å². The van der Waals surface area contributed by atoms with Crippen molar-refractivity contribution >= 4 is 11.7 Å². The molecule has 0 spiro atoms. The maximum Gasteiger partial charge on any atom is 0.254 e. The Morgan fingerprint density at radius 3 is 2.81 bits per heavy atom. The molecule has 0 bridgehead atoms. The third-order valence-electron chi connectivity index (χ3n) is 4.65. The van der Waals surface area contributed by atoms with Crippen LogP contribution in [0.3, 0.4) is 0 Å². The van der Waals surface area contributed by atoms with E-state index in [2.05, 4.69) is 14.9 Å². The predicted molar refractivity (Wildman–Crippen MR) is 105 cm³/mol. The van der Waals surface area contributed by atoms with Gasteiger partial charge in [0, 0.05) is 43.4 Å². The minimum absolute atomic E-state index is 0.0104. The topological polar surface area (TPSA) is 84.6 Å². The molecule has 144 valence electrons. The van der Waals surface area contributed by atoms with Crippen LogP contribution in [0.4, 0.5) is 5.82 Å². The molecule has 1 aromatic carbocycles. The van der Waals surface area contributed by atoms with Crippen LogP contribution < -0.4 is 5.73 Å². The molecule has 7 heteroatoms. The summed E-state index contributed by atoms with van der Waals surface area (Å²) in [5, 5.41) is 0. The fraction of sp³-hybridized carbons (Fsp3) is 0.450. The van der Waals surface area contributed by atoms with Crippen LogP contribution in [0.2, 0.25) is 0 Å². The lowest BCUT2D eigenvalue weighted by atomic mass is 10.1. The third kappa shape index (κ3) is 5.24. The van der Waals surface area contributed by atoms with E-state index >= 15 is 0 Å². The first-order valence-corrected chi connectivity index (χ1v) is 9.26.